The van der Waals surface area contributed by atoms with Crippen LogP contribution in [0.15, 0.2) is 30.5 Å². The third-order valence-corrected chi connectivity index (χ3v) is 4.01. The lowest BCUT2D eigenvalue weighted by Crippen LogP contribution is -2.36. The quantitative estimate of drug-likeness (QED) is 0.912. The van der Waals surface area contributed by atoms with Crippen molar-refractivity contribution in [1.82, 2.24) is 4.98 Å². The van der Waals surface area contributed by atoms with Crippen molar-refractivity contribution >= 4 is 0 Å². The number of ether oxygens (including phenoxy) is 3. The lowest BCUT2D eigenvalue weighted by atomic mass is 10.1. The number of rotatable bonds is 5. The minimum absolute atomic E-state index is 0.164. The molecule has 128 valence electrons. The molecule has 5 heteroatoms. The molecule has 0 radical (unpaired) electrons. The Labute approximate surface area is 142 Å². The molecule has 2 heterocycles. The highest BCUT2D eigenvalue weighted by Crippen LogP contribution is 2.35. The molecule has 0 unspecified atom stereocenters. The molecular weight excluding hydrogens is 306 g/mol. The zero-order valence-electron chi connectivity index (χ0n) is 14.3. The molecule has 24 heavy (non-hydrogen) atoms. The molecule has 0 bridgehead atoms. The van der Waals surface area contributed by atoms with Crippen LogP contribution in [0.1, 0.15) is 41.8 Å². The molecular formula is C19H23NO4. The summed E-state index contributed by atoms with van der Waals surface area (Å²) in [5.41, 5.74) is 4.71. The van der Waals surface area contributed by atoms with E-state index in [2.05, 4.69) is 36.2 Å². The number of pyridine rings is 1. The third kappa shape index (κ3) is 3.75. The van der Waals surface area contributed by atoms with Crippen molar-refractivity contribution in [3.05, 3.63) is 58.4 Å². The van der Waals surface area contributed by atoms with Crippen LogP contribution in [0.5, 0.6) is 5.75 Å². The monoisotopic (exact) mass is 329 g/mol. The van der Waals surface area contributed by atoms with Crippen LogP contribution in [0.25, 0.3) is 0 Å². The van der Waals surface area contributed by atoms with Crippen molar-refractivity contribution in [3.8, 4) is 5.75 Å². The molecule has 3 rings (SSSR count). The van der Waals surface area contributed by atoms with Crippen molar-refractivity contribution in [1.29, 1.82) is 0 Å². The SMILES string of the molecule is Cc1ccc(COCc2cnc(CO)c3c2COC(C)(C)O3)cc1. The minimum Gasteiger partial charge on any atom is -0.461 e. The Balaban J connectivity index is 1.73. The van der Waals surface area contributed by atoms with E-state index < -0.39 is 5.79 Å². The molecule has 1 aromatic heterocycles. The van der Waals surface area contributed by atoms with Gasteiger partial charge in [-0.1, -0.05) is 29.8 Å². The summed E-state index contributed by atoms with van der Waals surface area (Å²) in [6, 6.07) is 8.27. The summed E-state index contributed by atoms with van der Waals surface area (Å²) in [6.45, 7) is 6.96. The van der Waals surface area contributed by atoms with Gasteiger partial charge in [-0.25, -0.2) is 0 Å². The van der Waals surface area contributed by atoms with Crippen LogP contribution in [-0.4, -0.2) is 15.9 Å². The summed E-state index contributed by atoms with van der Waals surface area (Å²) < 4.78 is 17.4. The zero-order valence-corrected chi connectivity index (χ0v) is 14.3. The molecule has 1 aliphatic heterocycles. The van der Waals surface area contributed by atoms with E-state index in [1.165, 1.54) is 5.56 Å². The average Bonchev–Trinajstić information content (AvgIpc) is 2.55. The number of hydrogen-bond acceptors (Lipinski definition) is 5. The Kier molecular flexibility index (Phi) is 4.85. The second kappa shape index (κ2) is 6.89. The molecule has 0 saturated heterocycles. The maximum absolute atomic E-state index is 9.49. The zero-order chi connectivity index (χ0) is 17.2. The summed E-state index contributed by atoms with van der Waals surface area (Å²) in [5, 5.41) is 9.49. The van der Waals surface area contributed by atoms with Gasteiger partial charge in [0.25, 0.3) is 0 Å². The second-order valence-corrected chi connectivity index (χ2v) is 6.46. The number of nitrogens with zero attached hydrogens (tertiary/aromatic N) is 1. The van der Waals surface area contributed by atoms with Crippen LogP contribution >= 0.6 is 0 Å². The van der Waals surface area contributed by atoms with Crippen LogP contribution in [0.4, 0.5) is 0 Å². The molecule has 0 saturated carbocycles. The largest absolute Gasteiger partial charge is 0.461 e. The van der Waals surface area contributed by atoms with Gasteiger partial charge in [-0.05, 0) is 12.5 Å². The van der Waals surface area contributed by atoms with Gasteiger partial charge in [0.2, 0.25) is 5.79 Å². The summed E-state index contributed by atoms with van der Waals surface area (Å²) in [7, 11) is 0. The van der Waals surface area contributed by atoms with Crippen LogP contribution < -0.4 is 4.74 Å². The summed E-state index contributed by atoms with van der Waals surface area (Å²) in [5.74, 6) is -0.106. The van der Waals surface area contributed by atoms with Crippen molar-refractivity contribution in [2.75, 3.05) is 0 Å². The first-order chi connectivity index (χ1) is 11.5. The molecule has 1 aromatic carbocycles. The maximum Gasteiger partial charge on any atom is 0.205 e. The molecule has 0 spiro atoms. The highest BCUT2D eigenvalue weighted by atomic mass is 16.7. The van der Waals surface area contributed by atoms with Crippen molar-refractivity contribution in [2.45, 2.75) is 53.0 Å². The number of fused-ring (bicyclic) bond motifs is 1. The fourth-order valence-electron chi connectivity index (χ4n) is 2.61. The first-order valence-corrected chi connectivity index (χ1v) is 8.05. The third-order valence-electron chi connectivity index (χ3n) is 4.01. The van der Waals surface area contributed by atoms with E-state index in [1.54, 1.807) is 6.20 Å². The van der Waals surface area contributed by atoms with Crippen LogP contribution in [0, 0.1) is 6.92 Å². The van der Waals surface area contributed by atoms with Crippen molar-refractivity contribution in [2.24, 2.45) is 0 Å². The van der Waals surface area contributed by atoms with Gasteiger partial charge in [-0.15, -0.1) is 0 Å². The number of hydrogen-bond donors (Lipinski definition) is 1. The summed E-state index contributed by atoms with van der Waals surface area (Å²) in [4.78, 5) is 4.30. The molecule has 1 N–H and O–H groups in total. The Morgan fingerprint density at radius 2 is 1.96 bits per heavy atom. The van der Waals surface area contributed by atoms with Gasteiger partial charge in [-0.3, -0.25) is 4.98 Å². The van der Waals surface area contributed by atoms with Crippen LogP contribution in [0.3, 0.4) is 0 Å². The number of benzene rings is 1. The summed E-state index contributed by atoms with van der Waals surface area (Å²) >= 11 is 0. The van der Waals surface area contributed by atoms with E-state index in [-0.39, 0.29) is 6.61 Å². The van der Waals surface area contributed by atoms with Crippen molar-refractivity contribution < 1.29 is 19.3 Å². The first kappa shape index (κ1) is 16.9. The van der Waals surface area contributed by atoms with Gasteiger partial charge in [0, 0.05) is 31.2 Å². The Hall–Kier alpha value is -1.95. The first-order valence-electron chi connectivity index (χ1n) is 8.05. The lowest BCUT2D eigenvalue weighted by molar-refractivity contribution is -0.181. The number of aliphatic hydroxyl groups excluding tert-OH is 1. The number of aryl methyl sites for hydroxylation is 1. The topological polar surface area (TPSA) is 60.8 Å². The van der Waals surface area contributed by atoms with Gasteiger partial charge >= 0.3 is 0 Å². The molecule has 0 atom stereocenters. The predicted octanol–water partition coefficient (Wildman–Crippen LogP) is 3.24. The fraction of sp³-hybridized carbons (Fsp3) is 0.421. The average molecular weight is 329 g/mol. The molecule has 2 aromatic rings. The lowest BCUT2D eigenvalue weighted by Gasteiger charge is -2.34. The van der Waals surface area contributed by atoms with Crippen LogP contribution in [0.2, 0.25) is 0 Å². The Morgan fingerprint density at radius 1 is 1.21 bits per heavy atom. The number of aliphatic hydroxyl groups is 1. The van der Waals surface area contributed by atoms with Gasteiger partial charge in [0.1, 0.15) is 5.69 Å². The molecule has 1 aliphatic rings. The molecule has 0 fully saturated rings. The second-order valence-electron chi connectivity index (χ2n) is 6.46. The fourth-order valence-corrected chi connectivity index (χ4v) is 2.61. The van der Waals surface area contributed by atoms with E-state index in [1.807, 2.05) is 13.8 Å². The van der Waals surface area contributed by atoms with Gasteiger partial charge < -0.3 is 19.3 Å². The minimum atomic E-state index is -0.722. The van der Waals surface area contributed by atoms with E-state index in [0.29, 0.717) is 31.3 Å². The van der Waals surface area contributed by atoms with Crippen LogP contribution in [-0.2, 0) is 35.9 Å². The van der Waals surface area contributed by atoms with Gasteiger partial charge in [0.05, 0.1) is 26.4 Å². The van der Waals surface area contributed by atoms with E-state index in [9.17, 15) is 5.11 Å². The van der Waals surface area contributed by atoms with E-state index in [0.717, 1.165) is 16.7 Å². The van der Waals surface area contributed by atoms with Gasteiger partial charge in [0.15, 0.2) is 5.75 Å². The van der Waals surface area contributed by atoms with Gasteiger partial charge in [-0.2, -0.15) is 0 Å². The highest BCUT2D eigenvalue weighted by molar-refractivity contribution is 5.43. The molecule has 5 nitrogen and oxygen atoms in total. The molecule has 0 amide bonds. The van der Waals surface area contributed by atoms with E-state index >= 15 is 0 Å². The summed E-state index contributed by atoms with van der Waals surface area (Å²) in [6.07, 6.45) is 1.73. The maximum atomic E-state index is 9.49. The van der Waals surface area contributed by atoms with Crippen molar-refractivity contribution in [3.63, 3.8) is 0 Å². The van der Waals surface area contributed by atoms with E-state index in [4.69, 9.17) is 14.2 Å². The Bertz CT molecular complexity index is 710. The Morgan fingerprint density at radius 3 is 2.67 bits per heavy atom. The smallest absolute Gasteiger partial charge is 0.205 e. The molecule has 0 aliphatic carbocycles. The standard InChI is InChI=1S/C19H23NO4/c1-13-4-6-14(7-5-13)10-22-11-15-8-20-17(9-21)18-16(15)12-23-19(2,3)24-18/h4-8,21H,9-12H2,1-3H3. The highest BCUT2D eigenvalue weighted by Gasteiger charge is 2.31. The number of aromatic nitrogens is 1. The predicted molar refractivity (Wildman–Crippen MR) is 89.3 cm³/mol. The normalized spacial score (nSPS) is 15.7.